The number of nitrogen functional groups attached to an aromatic ring is 1. The standard InChI is InChI=1S/C13H16N4/c14-13-4-3-11(7-15-13)16-8-17-12-6-9-1-2-10(12)5-9/h3-4,7,9-10,12H,1-2,5-6H2,(H2,14,15)/t9-,10+,12-/m0/s1. The third kappa shape index (κ3) is 2.22. The summed E-state index contributed by atoms with van der Waals surface area (Å²) in [5.74, 6) is 2.20. The molecule has 1 aromatic heterocycles. The van der Waals surface area contributed by atoms with Gasteiger partial charge in [0.25, 0.3) is 0 Å². The fraction of sp³-hybridized carbons (Fsp3) is 0.538. The monoisotopic (exact) mass is 228 g/mol. The second-order valence-electron chi connectivity index (χ2n) is 5.02. The summed E-state index contributed by atoms with van der Waals surface area (Å²) in [6.07, 6.45) is 6.96. The quantitative estimate of drug-likeness (QED) is 0.791. The van der Waals surface area contributed by atoms with Gasteiger partial charge in [-0.05, 0) is 43.2 Å². The summed E-state index contributed by atoms with van der Waals surface area (Å²) in [5, 5.41) is 0. The Balaban J connectivity index is 1.68. The van der Waals surface area contributed by atoms with Crippen LogP contribution in [0.3, 0.4) is 0 Å². The lowest BCUT2D eigenvalue weighted by Gasteiger charge is -2.15. The van der Waals surface area contributed by atoms with Crippen molar-refractivity contribution in [1.29, 1.82) is 0 Å². The molecule has 0 radical (unpaired) electrons. The molecule has 0 saturated heterocycles. The van der Waals surface area contributed by atoms with Crippen LogP contribution in [0, 0.1) is 11.8 Å². The molecule has 88 valence electrons. The molecule has 2 bridgehead atoms. The normalized spacial score (nSPS) is 30.0. The Morgan fingerprint density at radius 3 is 2.88 bits per heavy atom. The zero-order valence-electron chi connectivity index (χ0n) is 9.71. The Labute approximate surface area is 101 Å². The third-order valence-electron chi connectivity index (χ3n) is 3.87. The van der Waals surface area contributed by atoms with E-state index >= 15 is 0 Å². The van der Waals surface area contributed by atoms with Crippen molar-refractivity contribution >= 4 is 17.5 Å². The van der Waals surface area contributed by atoms with Gasteiger partial charge in [-0.1, -0.05) is 6.42 Å². The lowest BCUT2D eigenvalue weighted by molar-refractivity contribution is 0.421. The van der Waals surface area contributed by atoms with Crippen LogP contribution in [-0.2, 0) is 0 Å². The molecule has 3 rings (SSSR count). The number of fused-ring (bicyclic) bond motifs is 2. The molecule has 0 aromatic carbocycles. The number of pyridine rings is 1. The highest BCUT2D eigenvalue weighted by Gasteiger charge is 2.39. The van der Waals surface area contributed by atoms with Crippen LogP contribution in [0.15, 0.2) is 28.3 Å². The predicted molar refractivity (Wildman–Crippen MR) is 67.4 cm³/mol. The fourth-order valence-electron chi connectivity index (χ4n) is 2.99. The lowest BCUT2D eigenvalue weighted by atomic mass is 9.96. The van der Waals surface area contributed by atoms with Gasteiger partial charge < -0.3 is 5.73 Å². The first kappa shape index (κ1) is 10.5. The smallest absolute Gasteiger partial charge is 0.123 e. The molecule has 3 atom stereocenters. The summed E-state index contributed by atoms with van der Waals surface area (Å²) in [6.45, 7) is 0. The molecule has 2 aliphatic carbocycles. The predicted octanol–water partition coefficient (Wildman–Crippen LogP) is 2.66. The van der Waals surface area contributed by atoms with Gasteiger partial charge in [0.15, 0.2) is 0 Å². The van der Waals surface area contributed by atoms with E-state index in [0.717, 1.165) is 17.5 Å². The second-order valence-corrected chi connectivity index (χ2v) is 5.02. The van der Waals surface area contributed by atoms with Crippen molar-refractivity contribution in [2.45, 2.75) is 31.7 Å². The highest BCUT2D eigenvalue weighted by Crippen LogP contribution is 2.45. The molecule has 1 aromatic rings. The maximum absolute atomic E-state index is 5.50. The van der Waals surface area contributed by atoms with Crippen LogP contribution < -0.4 is 5.73 Å². The Morgan fingerprint density at radius 2 is 2.24 bits per heavy atom. The van der Waals surface area contributed by atoms with Crippen molar-refractivity contribution in [3.05, 3.63) is 18.3 Å². The number of aliphatic imine (C=N–C) groups is 2. The molecule has 0 amide bonds. The van der Waals surface area contributed by atoms with E-state index in [1.54, 1.807) is 12.3 Å². The molecule has 0 spiro atoms. The minimum absolute atomic E-state index is 0.458. The Morgan fingerprint density at radius 1 is 1.29 bits per heavy atom. The van der Waals surface area contributed by atoms with E-state index in [4.69, 9.17) is 5.73 Å². The van der Waals surface area contributed by atoms with Crippen LogP contribution in [0.25, 0.3) is 0 Å². The third-order valence-corrected chi connectivity index (χ3v) is 3.87. The SMILES string of the molecule is Nc1ccc(N=C=N[C@H]2C[C@H]3CC[C@@H]2C3)cn1. The van der Waals surface area contributed by atoms with E-state index in [-0.39, 0.29) is 0 Å². The topological polar surface area (TPSA) is 63.6 Å². The first-order chi connectivity index (χ1) is 8.31. The molecule has 0 unspecified atom stereocenters. The van der Waals surface area contributed by atoms with Crippen molar-refractivity contribution in [3.63, 3.8) is 0 Å². The number of rotatable bonds is 2. The zero-order chi connectivity index (χ0) is 11.7. The van der Waals surface area contributed by atoms with Gasteiger partial charge in [0.2, 0.25) is 0 Å². The highest BCUT2D eigenvalue weighted by atomic mass is 14.9. The summed E-state index contributed by atoms with van der Waals surface area (Å²) >= 11 is 0. The van der Waals surface area contributed by atoms with E-state index in [1.807, 2.05) is 6.07 Å². The first-order valence-corrected chi connectivity index (χ1v) is 6.18. The highest BCUT2D eigenvalue weighted by molar-refractivity contribution is 5.52. The van der Waals surface area contributed by atoms with Gasteiger partial charge in [-0.25, -0.2) is 9.98 Å². The molecule has 4 heteroatoms. The van der Waals surface area contributed by atoms with Crippen molar-refractivity contribution < 1.29 is 0 Å². The largest absolute Gasteiger partial charge is 0.384 e. The van der Waals surface area contributed by atoms with Gasteiger partial charge in [0.1, 0.15) is 5.82 Å². The van der Waals surface area contributed by atoms with E-state index in [9.17, 15) is 0 Å². The molecule has 2 saturated carbocycles. The number of nitrogens with zero attached hydrogens (tertiary/aromatic N) is 3. The number of aromatic nitrogens is 1. The maximum Gasteiger partial charge on any atom is 0.123 e. The Bertz CT molecular complexity index is 459. The number of anilines is 1. The van der Waals surface area contributed by atoms with Crippen LogP contribution in [0.5, 0.6) is 0 Å². The Kier molecular flexibility index (Phi) is 2.65. The molecule has 4 nitrogen and oxygen atoms in total. The van der Waals surface area contributed by atoms with Crippen LogP contribution in [0.1, 0.15) is 25.7 Å². The van der Waals surface area contributed by atoms with Crippen LogP contribution in [0.4, 0.5) is 11.5 Å². The van der Waals surface area contributed by atoms with Gasteiger partial charge in [-0.3, -0.25) is 0 Å². The maximum atomic E-state index is 5.50. The number of hydrogen-bond acceptors (Lipinski definition) is 4. The minimum Gasteiger partial charge on any atom is -0.384 e. The van der Waals surface area contributed by atoms with E-state index in [0.29, 0.717) is 11.9 Å². The molecular formula is C13H16N4. The lowest BCUT2D eigenvalue weighted by Crippen LogP contribution is -2.13. The fourth-order valence-corrected chi connectivity index (χ4v) is 2.99. The van der Waals surface area contributed by atoms with Gasteiger partial charge in [0.05, 0.1) is 23.9 Å². The van der Waals surface area contributed by atoms with Crippen LogP contribution in [0.2, 0.25) is 0 Å². The minimum atomic E-state index is 0.458. The summed E-state index contributed by atoms with van der Waals surface area (Å²) in [5.41, 5.74) is 6.25. The average molecular weight is 228 g/mol. The summed E-state index contributed by atoms with van der Waals surface area (Å²) in [6, 6.07) is 6.83. The molecule has 0 aliphatic heterocycles. The summed E-state index contributed by atoms with van der Waals surface area (Å²) in [4.78, 5) is 12.6. The molecule has 2 aliphatic rings. The Hall–Kier alpha value is -1.67. The van der Waals surface area contributed by atoms with Crippen molar-refractivity contribution in [1.82, 2.24) is 4.98 Å². The zero-order valence-corrected chi connectivity index (χ0v) is 9.71. The van der Waals surface area contributed by atoms with E-state index < -0.39 is 0 Å². The van der Waals surface area contributed by atoms with Crippen LogP contribution in [-0.4, -0.2) is 17.0 Å². The second kappa shape index (κ2) is 4.30. The number of nitrogens with two attached hydrogens (primary N) is 1. The van der Waals surface area contributed by atoms with Crippen molar-refractivity contribution in [3.8, 4) is 0 Å². The van der Waals surface area contributed by atoms with Crippen LogP contribution >= 0.6 is 0 Å². The number of hydrogen-bond donors (Lipinski definition) is 1. The van der Waals surface area contributed by atoms with Gasteiger partial charge >= 0.3 is 0 Å². The molecule has 17 heavy (non-hydrogen) atoms. The van der Waals surface area contributed by atoms with Gasteiger partial charge in [-0.15, -0.1) is 0 Å². The molecule has 2 N–H and O–H groups in total. The molecule has 1 heterocycles. The average Bonchev–Trinajstić information content (AvgIpc) is 2.94. The van der Waals surface area contributed by atoms with Crippen molar-refractivity contribution in [2.75, 3.05) is 5.73 Å². The molecular weight excluding hydrogens is 212 g/mol. The summed E-state index contributed by atoms with van der Waals surface area (Å²) < 4.78 is 0. The van der Waals surface area contributed by atoms with Gasteiger partial charge in [-0.2, -0.15) is 4.99 Å². The first-order valence-electron chi connectivity index (χ1n) is 6.18. The van der Waals surface area contributed by atoms with Gasteiger partial charge in [0, 0.05) is 0 Å². The van der Waals surface area contributed by atoms with Crippen molar-refractivity contribution in [2.24, 2.45) is 21.8 Å². The summed E-state index contributed by atoms with van der Waals surface area (Å²) in [7, 11) is 0. The molecule has 2 fully saturated rings. The van der Waals surface area contributed by atoms with E-state index in [1.165, 1.54) is 25.7 Å². The van der Waals surface area contributed by atoms with E-state index in [2.05, 4.69) is 21.0 Å².